The highest BCUT2D eigenvalue weighted by atomic mass is 16.5. The molecule has 7 heteroatoms. The van der Waals surface area contributed by atoms with E-state index < -0.39 is 11.9 Å². The van der Waals surface area contributed by atoms with Gasteiger partial charge in [-0.15, -0.1) is 0 Å². The van der Waals surface area contributed by atoms with Gasteiger partial charge in [-0.05, 0) is 30.5 Å². The third-order valence-corrected chi connectivity index (χ3v) is 5.13. The molecule has 30 heavy (non-hydrogen) atoms. The van der Waals surface area contributed by atoms with Gasteiger partial charge in [-0.2, -0.15) is 0 Å². The Bertz CT molecular complexity index is 1100. The largest absolute Gasteiger partial charge is 0.460 e. The maximum Gasteiger partial charge on any atom is 0.374 e. The van der Waals surface area contributed by atoms with E-state index in [1.165, 1.54) is 0 Å². The summed E-state index contributed by atoms with van der Waals surface area (Å²) in [5, 5.41) is 2.91. The number of Topliss-reactive ketones (excluding diaryl/α,β-unsaturated/α-hetero) is 1. The Morgan fingerprint density at radius 1 is 1.17 bits per heavy atom. The number of ether oxygens (including phenoxy) is 1. The summed E-state index contributed by atoms with van der Waals surface area (Å²) >= 11 is 0. The molecular weight excluding hydrogens is 382 g/mol. The first-order chi connectivity index (χ1) is 14.6. The van der Waals surface area contributed by atoms with E-state index in [4.69, 9.17) is 4.74 Å². The summed E-state index contributed by atoms with van der Waals surface area (Å²) in [5.74, 6) is -1.37. The Labute approximate surface area is 173 Å². The predicted octanol–water partition coefficient (Wildman–Crippen LogP) is 3.04. The van der Waals surface area contributed by atoms with Crippen molar-refractivity contribution in [3.05, 3.63) is 88.5 Å². The molecule has 1 aliphatic rings. The maximum absolute atomic E-state index is 13.0. The summed E-state index contributed by atoms with van der Waals surface area (Å²) in [6, 6.07) is 14.8. The second-order valence-corrected chi connectivity index (χ2v) is 7.02. The zero-order valence-corrected chi connectivity index (χ0v) is 16.5. The number of benzene rings is 2. The van der Waals surface area contributed by atoms with Crippen molar-refractivity contribution in [1.82, 2.24) is 15.3 Å². The average Bonchev–Trinajstić information content (AvgIpc) is 3.38. The van der Waals surface area contributed by atoms with Gasteiger partial charge in [-0.3, -0.25) is 9.59 Å². The van der Waals surface area contributed by atoms with Gasteiger partial charge in [0.2, 0.25) is 5.82 Å². The first kappa shape index (κ1) is 19.6. The van der Waals surface area contributed by atoms with Gasteiger partial charge in [-0.1, -0.05) is 42.5 Å². The number of aromatic nitrogens is 2. The van der Waals surface area contributed by atoms with Crippen LogP contribution in [0.5, 0.6) is 0 Å². The molecule has 1 unspecified atom stereocenters. The van der Waals surface area contributed by atoms with Crippen LogP contribution in [0.1, 0.15) is 61.0 Å². The molecule has 1 heterocycles. The summed E-state index contributed by atoms with van der Waals surface area (Å²) in [4.78, 5) is 44.6. The normalized spacial score (nSPS) is 15.0. The molecular formula is C23H21N3O4. The third kappa shape index (κ3) is 3.74. The first-order valence-corrected chi connectivity index (χ1v) is 9.79. The Balaban J connectivity index is 1.53. The van der Waals surface area contributed by atoms with Crippen molar-refractivity contribution < 1.29 is 19.1 Å². The lowest BCUT2D eigenvalue weighted by atomic mass is 10.0. The van der Waals surface area contributed by atoms with Crippen molar-refractivity contribution in [2.75, 3.05) is 6.61 Å². The molecule has 0 saturated carbocycles. The van der Waals surface area contributed by atoms with Crippen LogP contribution in [0, 0.1) is 0 Å². The van der Waals surface area contributed by atoms with Gasteiger partial charge >= 0.3 is 5.97 Å². The number of nitrogens with zero attached hydrogens (tertiary/aromatic N) is 1. The second-order valence-electron chi connectivity index (χ2n) is 7.02. The number of rotatable bonds is 6. The molecule has 1 atom stereocenters. The fourth-order valence-corrected chi connectivity index (χ4v) is 3.67. The van der Waals surface area contributed by atoms with Crippen molar-refractivity contribution in [2.45, 2.75) is 25.8 Å². The Hall–Kier alpha value is -3.74. The zero-order valence-electron chi connectivity index (χ0n) is 16.5. The standard InChI is InChI=1S/C23H21N3O4/c1-2-30-23(29)21-24-13-19(26-21)18-11-17-15(20(18)27)9-6-10-16(17)22(28)25-12-14-7-4-3-5-8-14/h3-10,13,18H,2,11-12H2,1H3,(H,24,26)(H,25,28). The van der Waals surface area contributed by atoms with Crippen LogP contribution in [0.2, 0.25) is 0 Å². The maximum atomic E-state index is 13.0. The van der Waals surface area contributed by atoms with Crippen LogP contribution < -0.4 is 5.32 Å². The van der Waals surface area contributed by atoms with Gasteiger partial charge in [0.15, 0.2) is 5.78 Å². The average molecular weight is 403 g/mol. The van der Waals surface area contributed by atoms with Crippen molar-refractivity contribution in [2.24, 2.45) is 0 Å². The number of amides is 1. The second kappa shape index (κ2) is 8.32. The summed E-state index contributed by atoms with van der Waals surface area (Å²) in [6.45, 7) is 2.36. The summed E-state index contributed by atoms with van der Waals surface area (Å²) in [7, 11) is 0. The van der Waals surface area contributed by atoms with Gasteiger partial charge in [0.25, 0.3) is 5.91 Å². The fourth-order valence-electron chi connectivity index (χ4n) is 3.67. The number of esters is 1. The first-order valence-electron chi connectivity index (χ1n) is 9.79. The molecule has 3 aromatic rings. The van der Waals surface area contributed by atoms with Crippen LogP contribution in [-0.4, -0.2) is 34.2 Å². The number of imidazole rings is 1. The molecule has 0 saturated heterocycles. The lowest BCUT2D eigenvalue weighted by Crippen LogP contribution is -2.24. The molecule has 1 aliphatic carbocycles. The minimum Gasteiger partial charge on any atom is -0.460 e. The van der Waals surface area contributed by atoms with Crippen molar-refractivity contribution in [3.63, 3.8) is 0 Å². The van der Waals surface area contributed by atoms with E-state index >= 15 is 0 Å². The van der Waals surface area contributed by atoms with Gasteiger partial charge in [0.05, 0.1) is 18.2 Å². The van der Waals surface area contributed by atoms with Gasteiger partial charge < -0.3 is 15.0 Å². The number of ketones is 1. The Morgan fingerprint density at radius 3 is 2.73 bits per heavy atom. The number of fused-ring (bicyclic) bond motifs is 1. The highest BCUT2D eigenvalue weighted by molar-refractivity contribution is 6.08. The third-order valence-electron chi connectivity index (χ3n) is 5.13. The van der Waals surface area contributed by atoms with E-state index in [0.29, 0.717) is 35.3 Å². The van der Waals surface area contributed by atoms with E-state index in [-0.39, 0.29) is 24.1 Å². The van der Waals surface area contributed by atoms with Crippen molar-refractivity contribution in [1.29, 1.82) is 0 Å². The monoisotopic (exact) mass is 403 g/mol. The van der Waals surface area contributed by atoms with Gasteiger partial charge in [-0.25, -0.2) is 9.78 Å². The molecule has 7 nitrogen and oxygen atoms in total. The summed E-state index contributed by atoms with van der Waals surface area (Å²) < 4.78 is 4.94. The lowest BCUT2D eigenvalue weighted by Gasteiger charge is -2.09. The molecule has 0 aliphatic heterocycles. The van der Waals surface area contributed by atoms with E-state index in [9.17, 15) is 14.4 Å². The van der Waals surface area contributed by atoms with E-state index in [1.54, 1.807) is 31.3 Å². The molecule has 0 spiro atoms. The van der Waals surface area contributed by atoms with Crippen LogP contribution in [-0.2, 0) is 17.7 Å². The van der Waals surface area contributed by atoms with Crippen LogP contribution in [0.3, 0.4) is 0 Å². The van der Waals surface area contributed by atoms with Crippen LogP contribution in [0.25, 0.3) is 0 Å². The minimum atomic E-state index is -0.562. The quantitative estimate of drug-likeness (QED) is 0.616. The lowest BCUT2D eigenvalue weighted by molar-refractivity contribution is 0.0512. The van der Waals surface area contributed by atoms with Gasteiger partial charge in [0, 0.05) is 23.9 Å². The van der Waals surface area contributed by atoms with E-state index in [1.807, 2.05) is 30.3 Å². The number of H-pyrrole nitrogens is 1. The topological polar surface area (TPSA) is 101 Å². The van der Waals surface area contributed by atoms with E-state index in [0.717, 1.165) is 5.56 Å². The smallest absolute Gasteiger partial charge is 0.374 e. The zero-order chi connectivity index (χ0) is 21.1. The number of carbonyl (C=O) groups excluding carboxylic acids is 3. The SMILES string of the molecule is CCOC(=O)c1nc(C2Cc3c(C(=O)NCc4ccccc4)cccc3C2=O)c[nH]1. The number of hydrogen-bond donors (Lipinski definition) is 2. The molecule has 0 radical (unpaired) electrons. The van der Waals surface area contributed by atoms with Crippen molar-refractivity contribution >= 4 is 17.7 Å². The number of hydrogen-bond acceptors (Lipinski definition) is 5. The molecule has 0 fully saturated rings. The highest BCUT2D eigenvalue weighted by Crippen LogP contribution is 2.35. The molecule has 1 amide bonds. The highest BCUT2D eigenvalue weighted by Gasteiger charge is 2.36. The molecule has 1 aromatic heterocycles. The predicted molar refractivity (Wildman–Crippen MR) is 109 cm³/mol. The number of aromatic amines is 1. The van der Waals surface area contributed by atoms with Crippen LogP contribution in [0.15, 0.2) is 54.7 Å². The molecule has 0 bridgehead atoms. The summed E-state index contributed by atoms with van der Waals surface area (Å²) in [6.07, 6.45) is 1.91. The molecule has 2 aromatic carbocycles. The van der Waals surface area contributed by atoms with Crippen LogP contribution in [0.4, 0.5) is 0 Å². The van der Waals surface area contributed by atoms with E-state index in [2.05, 4.69) is 15.3 Å². The molecule has 2 N–H and O–H groups in total. The Kier molecular flexibility index (Phi) is 5.43. The molecule has 152 valence electrons. The Morgan fingerprint density at radius 2 is 1.97 bits per heavy atom. The summed E-state index contributed by atoms with van der Waals surface area (Å²) in [5.41, 5.74) is 3.18. The minimum absolute atomic E-state index is 0.0661. The number of carbonyl (C=O) groups is 3. The fraction of sp³-hybridized carbons (Fsp3) is 0.217. The van der Waals surface area contributed by atoms with Crippen molar-refractivity contribution in [3.8, 4) is 0 Å². The van der Waals surface area contributed by atoms with Gasteiger partial charge in [0.1, 0.15) is 0 Å². The van der Waals surface area contributed by atoms with Crippen LogP contribution >= 0.6 is 0 Å². The number of nitrogens with one attached hydrogen (secondary N) is 2. The molecule has 4 rings (SSSR count).